The normalized spacial score (nSPS) is 18.8. The summed E-state index contributed by atoms with van der Waals surface area (Å²) in [5.41, 5.74) is 0.858. The number of carbonyl (C=O) groups excluding carboxylic acids is 2. The van der Waals surface area contributed by atoms with Crippen LogP contribution in [-0.4, -0.2) is 63.1 Å². The van der Waals surface area contributed by atoms with Crippen LogP contribution in [0, 0.1) is 6.92 Å². The number of anilines is 1. The molecule has 164 valence electrons. The number of carbonyl (C=O) groups is 2. The number of ether oxygens (including phenoxy) is 1. The molecule has 0 spiro atoms. The third-order valence-electron chi connectivity index (χ3n) is 5.11. The van der Waals surface area contributed by atoms with Gasteiger partial charge in [-0.1, -0.05) is 39.8 Å². The second kappa shape index (κ2) is 8.85. The van der Waals surface area contributed by atoms with Crippen LogP contribution in [-0.2, 0) is 4.74 Å². The van der Waals surface area contributed by atoms with Gasteiger partial charge in [-0.15, -0.1) is 5.10 Å². The summed E-state index contributed by atoms with van der Waals surface area (Å²) >= 11 is 13.6. The summed E-state index contributed by atoms with van der Waals surface area (Å²) in [5.74, 6) is -0.763. The van der Waals surface area contributed by atoms with E-state index in [4.69, 9.17) is 27.9 Å². The number of esters is 1. The molecule has 0 bridgehead atoms. The van der Waals surface area contributed by atoms with Crippen molar-refractivity contribution in [2.24, 2.45) is 0 Å². The Morgan fingerprint density at radius 1 is 1.35 bits per heavy atom. The molecule has 10 nitrogen and oxygen atoms in total. The number of methoxy groups -OCH3 is 1. The quantitative estimate of drug-likeness (QED) is 0.535. The molecule has 2 N–H and O–H groups in total. The Bertz CT molecular complexity index is 1100. The van der Waals surface area contributed by atoms with Crippen LogP contribution < -0.4 is 10.2 Å². The summed E-state index contributed by atoms with van der Waals surface area (Å²) in [6.07, 6.45) is 5.46. The van der Waals surface area contributed by atoms with Gasteiger partial charge in [0.15, 0.2) is 5.13 Å². The first-order valence-corrected chi connectivity index (χ1v) is 11.0. The van der Waals surface area contributed by atoms with Crippen molar-refractivity contribution in [1.29, 1.82) is 0 Å². The fourth-order valence-corrected chi connectivity index (χ4v) is 4.80. The van der Waals surface area contributed by atoms with Gasteiger partial charge in [-0.25, -0.2) is 14.5 Å². The fourth-order valence-electron chi connectivity index (χ4n) is 3.51. The maximum absolute atomic E-state index is 12.9. The predicted molar refractivity (Wildman–Crippen MR) is 116 cm³/mol. The van der Waals surface area contributed by atoms with E-state index in [1.165, 1.54) is 24.6 Å². The van der Waals surface area contributed by atoms with Crippen molar-refractivity contribution < 1.29 is 14.3 Å². The first kappa shape index (κ1) is 21.6. The second-order valence-corrected chi connectivity index (χ2v) is 8.78. The molecule has 31 heavy (non-hydrogen) atoms. The Balaban J connectivity index is 1.54. The summed E-state index contributed by atoms with van der Waals surface area (Å²) in [4.78, 5) is 34.4. The molecule has 0 unspecified atom stereocenters. The Kier molecular flexibility index (Phi) is 6.17. The van der Waals surface area contributed by atoms with Crippen LogP contribution >= 0.6 is 34.5 Å². The van der Waals surface area contributed by atoms with Gasteiger partial charge in [-0.3, -0.25) is 4.79 Å². The molecule has 1 aliphatic heterocycles. The molecule has 1 aliphatic rings. The van der Waals surface area contributed by atoms with Crippen molar-refractivity contribution >= 4 is 51.5 Å². The molecule has 1 fully saturated rings. The maximum atomic E-state index is 12.9. The minimum absolute atomic E-state index is 0.199. The zero-order chi connectivity index (χ0) is 22.1. The SMILES string of the molecule is COC(=O)c1cnc(N2CC[C@H](NC(=O)c3[nH]c(C)c(Cl)c3Cl)[C@H](n3ccnn3)C2)s1. The van der Waals surface area contributed by atoms with Gasteiger partial charge in [0.25, 0.3) is 5.91 Å². The lowest BCUT2D eigenvalue weighted by atomic mass is 9.99. The van der Waals surface area contributed by atoms with Gasteiger partial charge in [0.05, 0.1) is 41.6 Å². The summed E-state index contributed by atoms with van der Waals surface area (Å²) in [5, 5.41) is 12.3. The van der Waals surface area contributed by atoms with Crippen molar-refractivity contribution in [2.75, 3.05) is 25.1 Å². The Morgan fingerprint density at radius 3 is 2.81 bits per heavy atom. The summed E-state index contributed by atoms with van der Waals surface area (Å²) in [7, 11) is 1.34. The number of hydrogen-bond acceptors (Lipinski definition) is 8. The first-order chi connectivity index (χ1) is 14.9. The van der Waals surface area contributed by atoms with Crippen LogP contribution in [0.4, 0.5) is 5.13 Å². The van der Waals surface area contributed by atoms with Gasteiger partial charge < -0.3 is 19.9 Å². The van der Waals surface area contributed by atoms with Crippen LogP contribution in [0.3, 0.4) is 0 Å². The van der Waals surface area contributed by atoms with Crippen molar-refractivity contribution in [3.63, 3.8) is 0 Å². The maximum Gasteiger partial charge on any atom is 0.349 e. The molecule has 0 aliphatic carbocycles. The molecule has 4 rings (SSSR count). The third-order valence-corrected chi connectivity index (χ3v) is 7.10. The number of piperidine rings is 1. The lowest BCUT2D eigenvalue weighted by molar-refractivity contribution is 0.0606. The molecular formula is C18H19Cl2N7O3S. The number of H-pyrrole nitrogens is 1. The van der Waals surface area contributed by atoms with Crippen molar-refractivity contribution in [3.05, 3.63) is 44.9 Å². The molecule has 2 atom stereocenters. The minimum atomic E-state index is -0.421. The number of aromatic amines is 1. The van der Waals surface area contributed by atoms with Crippen LogP contribution in [0.2, 0.25) is 10.0 Å². The van der Waals surface area contributed by atoms with Crippen LogP contribution in [0.15, 0.2) is 18.6 Å². The molecule has 3 aromatic heterocycles. The average molecular weight is 484 g/mol. The van der Waals surface area contributed by atoms with Crippen LogP contribution in [0.25, 0.3) is 0 Å². The molecule has 3 aromatic rings. The van der Waals surface area contributed by atoms with E-state index in [0.717, 1.165) is 0 Å². The smallest absolute Gasteiger partial charge is 0.349 e. The number of nitrogens with zero attached hydrogens (tertiary/aromatic N) is 5. The number of halogens is 2. The number of aromatic nitrogens is 5. The summed E-state index contributed by atoms with van der Waals surface area (Å²) < 4.78 is 6.47. The van der Waals surface area contributed by atoms with Gasteiger partial charge in [-0.05, 0) is 13.3 Å². The lowest BCUT2D eigenvalue weighted by Gasteiger charge is -2.38. The van der Waals surface area contributed by atoms with Crippen molar-refractivity contribution in [1.82, 2.24) is 30.3 Å². The number of nitrogens with one attached hydrogen (secondary N) is 2. The fraction of sp³-hybridized carbons (Fsp3) is 0.389. The molecule has 1 saturated heterocycles. The zero-order valence-electron chi connectivity index (χ0n) is 16.6. The summed E-state index contributed by atoms with van der Waals surface area (Å²) in [6, 6.07) is -0.445. The van der Waals surface area contributed by atoms with E-state index in [9.17, 15) is 9.59 Å². The number of rotatable bonds is 5. The van der Waals surface area contributed by atoms with E-state index >= 15 is 0 Å². The number of thiazole rings is 1. The monoisotopic (exact) mass is 483 g/mol. The van der Waals surface area contributed by atoms with Crippen LogP contribution in [0.5, 0.6) is 0 Å². The average Bonchev–Trinajstić information content (AvgIpc) is 3.52. The number of hydrogen-bond donors (Lipinski definition) is 2. The van der Waals surface area contributed by atoms with E-state index < -0.39 is 5.97 Å². The van der Waals surface area contributed by atoms with E-state index in [1.54, 1.807) is 24.0 Å². The zero-order valence-corrected chi connectivity index (χ0v) is 19.0. The Labute approximate surface area is 191 Å². The summed E-state index contributed by atoms with van der Waals surface area (Å²) in [6.45, 7) is 2.89. The van der Waals surface area contributed by atoms with Gasteiger partial charge in [-0.2, -0.15) is 0 Å². The molecule has 0 radical (unpaired) electrons. The first-order valence-electron chi connectivity index (χ1n) is 9.38. The standard InChI is InChI=1S/C18H19Cl2N7O3S/c1-9-13(19)14(20)15(23-9)16(28)24-10-3-5-26(8-11(10)27-6-4-22-25-27)18-21-7-12(31-18)17(29)30-2/h4,6-7,10-11,23H,3,5,8H2,1-2H3,(H,24,28)/t10-,11+/m0/s1. The van der Waals surface area contributed by atoms with Crippen molar-refractivity contribution in [2.45, 2.75) is 25.4 Å². The molecule has 0 aromatic carbocycles. The molecule has 0 saturated carbocycles. The van der Waals surface area contributed by atoms with E-state index in [2.05, 4.69) is 30.5 Å². The predicted octanol–water partition coefficient (Wildman–Crippen LogP) is 2.71. The number of amides is 1. The van der Waals surface area contributed by atoms with Gasteiger partial charge in [0.1, 0.15) is 10.6 Å². The lowest BCUT2D eigenvalue weighted by Crippen LogP contribution is -2.52. The third kappa shape index (κ3) is 4.25. The van der Waals surface area contributed by atoms with Crippen LogP contribution in [0.1, 0.15) is 38.3 Å². The van der Waals surface area contributed by atoms with Gasteiger partial charge in [0.2, 0.25) is 0 Å². The highest BCUT2D eigenvalue weighted by Gasteiger charge is 2.34. The van der Waals surface area contributed by atoms with Gasteiger partial charge in [0, 0.05) is 25.0 Å². The minimum Gasteiger partial charge on any atom is -0.465 e. The highest BCUT2D eigenvalue weighted by molar-refractivity contribution is 7.17. The Hall–Kier alpha value is -2.63. The Morgan fingerprint density at radius 2 is 2.16 bits per heavy atom. The second-order valence-electron chi connectivity index (χ2n) is 7.02. The van der Waals surface area contributed by atoms with E-state index in [0.29, 0.717) is 40.2 Å². The van der Waals surface area contributed by atoms with Gasteiger partial charge >= 0.3 is 5.97 Å². The number of aryl methyl sites for hydroxylation is 1. The molecular weight excluding hydrogens is 465 g/mol. The molecule has 1 amide bonds. The van der Waals surface area contributed by atoms with E-state index in [-0.39, 0.29) is 28.7 Å². The largest absolute Gasteiger partial charge is 0.465 e. The highest BCUT2D eigenvalue weighted by Crippen LogP contribution is 2.32. The topological polar surface area (TPSA) is 118 Å². The molecule has 13 heteroatoms. The van der Waals surface area contributed by atoms with E-state index in [1.807, 2.05) is 0 Å². The highest BCUT2D eigenvalue weighted by atomic mass is 35.5. The molecule has 4 heterocycles. The van der Waals surface area contributed by atoms with Crippen molar-refractivity contribution in [3.8, 4) is 0 Å².